The van der Waals surface area contributed by atoms with Crippen LogP contribution in [-0.4, -0.2) is 57.8 Å². The molecule has 0 spiro atoms. The van der Waals surface area contributed by atoms with E-state index in [4.69, 9.17) is 34.5 Å². The lowest BCUT2D eigenvalue weighted by Crippen LogP contribution is -2.45. The standard InChI is InChI=1S/C35H53BrO6Si/c1-7-26(36)24-28-30(42-43(5,6)35(2,3)4)25-31(41-33-20-12-14-22-39-33)34(28)29(40-32-19-11-13-21-38-32)18-15-23-37-27-16-9-8-10-17-27/h1,8-10,16-18,26,28,30-34H,11-15,19-25H2,2-6H3/b29-18+/t26-,28+,30+,31-,32?,33?,34+/m0/s1. The number of ether oxygens (including phenoxy) is 5. The van der Waals surface area contributed by atoms with Crippen molar-refractivity contribution in [2.24, 2.45) is 11.8 Å². The number of hydrogen-bond donors (Lipinski definition) is 0. The molecule has 0 aromatic heterocycles. The van der Waals surface area contributed by atoms with E-state index >= 15 is 0 Å². The van der Waals surface area contributed by atoms with Crippen LogP contribution >= 0.6 is 15.9 Å². The van der Waals surface area contributed by atoms with Gasteiger partial charge in [-0.3, -0.25) is 0 Å². The lowest BCUT2D eigenvalue weighted by molar-refractivity contribution is -0.201. The van der Waals surface area contributed by atoms with Crippen LogP contribution in [0, 0.1) is 24.2 Å². The molecular weight excluding hydrogens is 624 g/mol. The first kappa shape index (κ1) is 34.5. The molecule has 7 atom stereocenters. The number of para-hydroxylation sites is 1. The molecule has 8 heteroatoms. The van der Waals surface area contributed by atoms with Gasteiger partial charge in [0, 0.05) is 25.4 Å². The molecule has 0 N–H and O–H groups in total. The number of hydrogen-bond acceptors (Lipinski definition) is 6. The molecule has 2 unspecified atom stereocenters. The topological polar surface area (TPSA) is 55.4 Å². The number of alkyl halides is 1. The van der Waals surface area contributed by atoms with Crippen LogP contribution < -0.4 is 4.74 Å². The molecule has 0 amide bonds. The Hall–Kier alpha value is -1.34. The Kier molecular flexibility index (Phi) is 13.1. The van der Waals surface area contributed by atoms with Crippen molar-refractivity contribution in [2.75, 3.05) is 19.8 Å². The van der Waals surface area contributed by atoms with Crippen LogP contribution in [0.3, 0.4) is 0 Å². The molecule has 4 rings (SSSR count). The molecule has 1 aromatic rings. The summed E-state index contributed by atoms with van der Waals surface area (Å²) >= 11 is 3.77. The zero-order chi connectivity index (χ0) is 30.9. The highest BCUT2D eigenvalue weighted by Crippen LogP contribution is 2.48. The molecule has 1 saturated carbocycles. The quantitative estimate of drug-likeness (QED) is 0.0686. The van der Waals surface area contributed by atoms with Crippen molar-refractivity contribution in [3.05, 3.63) is 42.2 Å². The molecule has 6 nitrogen and oxygen atoms in total. The van der Waals surface area contributed by atoms with Crippen molar-refractivity contribution in [1.82, 2.24) is 0 Å². The Labute approximate surface area is 269 Å². The molecule has 2 aliphatic heterocycles. The van der Waals surface area contributed by atoms with Gasteiger partial charge < -0.3 is 28.1 Å². The zero-order valence-corrected chi connectivity index (χ0v) is 29.5. The second-order valence-electron chi connectivity index (χ2n) is 13.7. The van der Waals surface area contributed by atoms with E-state index in [1.54, 1.807) is 0 Å². The van der Waals surface area contributed by atoms with E-state index < -0.39 is 8.32 Å². The van der Waals surface area contributed by atoms with Gasteiger partial charge >= 0.3 is 0 Å². The molecule has 3 fully saturated rings. The average molecular weight is 678 g/mol. The molecule has 3 aliphatic rings. The summed E-state index contributed by atoms with van der Waals surface area (Å²) in [6.07, 6.45) is 15.9. The van der Waals surface area contributed by atoms with Crippen molar-refractivity contribution in [3.8, 4) is 18.1 Å². The van der Waals surface area contributed by atoms with Gasteiger partial charge in [-0.05, 0) is 87.2 Å². The van der Waals surface area contributed by atoms with E-state index in [0.717, 1.165) is 76.1 Å². The Balaban J connectivity index is 1.66. The van der Waals surface area contributed by atoms with Crippen LogP contribution in [-0.2, 0) is 23.4 Å². The lowest BCUT2D eigenvalue weighted by Gasteiger charge is -2.40. The lowest BCUT2D eigenvalue weighted by atomic mass is 9.87. The minimum Gasteiger partial charge on any atom is -0.493 e. The molecule has 1 aromatic carbocycles. The number of rotatable bonds is 13. The van der Waals surface area contributed by atoms with Crippen molar-refractivity contribution < 1.29 is 28.1 Å². The van der Waals surface area contributed by atoms with E-state index in [-0.39, 0.29) is 46.5 Å². The first-order chi connectivity index (χ1) is 20.6. The third kappa shape index (κ3) is 10.1. The average Bonchev–Trinajstić information content (AvgIpc) is 3.30. The van der Waals surface area contributed by atoms with E-state index in [0.29, 0.717) is 13.0 Å². The maximum Gasteiger partial charge on any atom is 0.199 e. The smallest absolute Gasteiger partial charge is 0.199 e. The summed E-state index contributed by atoms with van der Waals surface area (Å²) in [5.74, 6) is 4.75. The summed E-state index contributed by atoms with van der Waals surface area (Å²) in [5.41, 5.74) is 0. The molecule has 2 saturated heterocycles. The SMILES string of the molecule is C#C[C@H](Br)C[C@H]1[C@H](/C(=C\CCOc2ccccc2)OC2CCCCO2)[C@@H](OC2CCCCO2)C[C@H]1O[Si](C)(C)C(C)(C)C. The van der Waals surface area contributed by atoms with Crippen molar-refractivity contribution in [2.45, 2.75) is 126 Å². The van der Waals surface area contributed by atoms with Gasteiger partial charge in [0.25, 0.3) is 0 Å². The fourth-order valence-corrected chi connectivity index (χ4v) is 7.83. The predicted octanol–water partition coefficient (Wildman–Crippen LogP) is 8.61. The van der Waals surface area contributed by atoms with E-state index in [9.17, 15) is 0 Å². The summed E-state index contributed by atoms with van der Waals surface area (Å²) in [7, 11) is -2.09. The minimum atomic E-state index is -2.09. The van der Waals surface area contributed by atoms with Gasteiger partial charge in [0.05, 0.1) is 30.2 Å². The third-order valence-electron chi connectivity index (χ3n) is 9.39. The third-order valence-corrected chi connectivity index (χ3v) is 14.5. The van der Waals surface area contributed by atoms with Gasteiger partial charge in [0.15, 0.2) is 20.9 Å². The summed E-state index contributed by atoms with van der Waals surface area (Å²) < 4.78 is 39.1. The number of halogens is 1. The Morgan fingerprint density at radius 2 is 1.72 bits per heavy atom. The van der Waals surface area contributed by atoms with Crippen molar-refractivity contribution in [1.29, 1.82) is 0 Å². The summed E-state index contributed by atoms with van der Waals surface area (Å²) in [6.45, 7) is 13.5. The Morgan fingerprint density at radius 1 is 1.05 bits per heavy atom. The maximum absolute atomic E-state index is 7.18. The van der Waals surface area contributed by atoms with Gasteiger partial charge in [-0.2, -0.15) is 0 Å². The number of benzene rings is 1. The summed E-state index contributed by atoms with van der Waals surface area (Å²) in [6, 6.07) is 9.94. The molecule has 0 radical (unpaired) electrons. The monoisotopic (exact) mass is 676 g/mol. The fourth-order valence-electron chi connectivity index (χ4n) is 6.01. The molecule has 0 bridgehead atoms. The van der Waals surface area contributed by atoms with Gasteiger partial charge in [-0.1, -0.05) is 60.8 Å². The second kappa shape index (κ2) is 16.3. The highest BCUT2D eigenvalue weighted by atomic mass is 79.9. The summed E-state index contributed by atoms with van der Waals surface area (Å²) in [4.78, 5) is -0.0798. The van der Waals surface area contributed by atoms with Crippen LogP contribution in [0.15, 0.2) is 42.2 Å². The van der Waals surface area contributed by atoms with Gasteiger partial charge in [0.2, 0.25) is 0 Å². The molecular formula is C35H53BrO6Si. The zero-order valence-electron chi connectivity index (χ0n) is 26.9. The van der Waals surface area contributed by atoms with Crippen molar-refractivity contribution >= 4 is 24.2 Å². The van der Waals surface area contributed by atoms with E-state index in [1.807, 2.05) is 30.3 Å². The Morgan fingerprint density at radius 3 is 2.33 bits per heavy atom. The van der Waals surface area contributed by atoms with Crippen LogP contribution in [0.1, 0.15) is 78.6 Å². The molecule has 2 heterocycles. The van der Waals surface area contributed by atoms with Crippen LogP contribution in [0.25, 0.3) is 0 Å². The Bertz CT molecular complexity index is 1040. The molecule has 1 aliphatic carbocycles. The fraction of sp³-hybridized carbons (Fsp3) is 0.714. The van der Waals surface area contributed by atoms with Crippen molar-refractivity contribution in [3.63, 3.8) is 0 Å². The number of terminal acetylenes is 1. The predicted molar refractivity (Wildman–Crippen MR) is 178 cm³/mol. The first-order valence-electron chi connectivity index (χ1n) is 16.3. The highest BCUT2D eigenvalue weighted by Gasteiger charge is 2.52. The first-order valence-corrected chi connectivity index (χ1v) is 20.1. The van der Waals surface area contributed by atoms with E-state index in [1.165, 1.54) is 0 Å². The van der Waals surface area contributed by atoms with Gasteiger partial charge in [0.1, 0.15) is 11.5 Å². The van der Waals surface area contributed by atoms with Gasteiger partial charge in [-0.25, -0.2) is 0 Å². The van der Waals surface area contributed by atoms with Gasteiger partial charge in [-0.15, -0.1) is 6.42 Å². The molecule has 43 heavy (non-hydrogen) atoms. The normalized spacial score (nSPS) is 29.6. The van der Waals surface area contributed by atoms with Crippen LogP contribution in [0.5, 0.6) is 5.75 Å². The highest BCUT2D eigenvalue weighted by molar-refractivity contribution is 9.09. The summed E-state index contributed by atoms with van der Waals surface area (Å²) in [5, 5.41) is 0.0816. The van der Waals surface area contributed by atoms with Crippen LogP contribution in [0.2, 0.25) is 18.1 Å². The minimum absolute atomic E-state index is 0.00674. The van der Waals surface area contributed by atoms with Crippen LogP contribution in [0.4, 0.5) is 0 Å². The van der Waals surface area contributed by atoms with E-state index in [2.05, 4.69) is 61.8 Å². The largest absolute Gasteiger partial charge is 0.493 e. The molecule has 240 valence electrons. The second-order valence-corrected chi connectivity index (χ2v) is 19.5. The maximum atomic E-state index is 7.18.